The van der Waals surface area contributed by atoms with Gasteiger partial charge in [-0.3, -0.25) is 10.0 Å². The van der Waals surface area contributed by atoms with Crippen molar-refractivity contribution in [3.8, 4) is 5.69 Å². The van der Waals surface area contributed by atoms with Crippen molar-refractivity contribution in [2.24, 2.45) is 0 Å². The highest BCUT2D eigenvalue weighted by molar-refractivity contribution is 6.37. The van der Waals surface area contributed by atoms with E-state index in [1.54, 1.807) is 47.3 Å². The number of carbonyl (C=O) groups excluding carboxylic acids is 1. The molecule has 0 aliphatic rings. The lowest BCUT2D eigenvalue weighted by atomic mass is 10.3. The summed E-state index contributed by atoms with van der Waals surface area (Å²) in [5, 5.41) is 10.5. The van der Waals surface area contributed by atoms with E-state index in [0.717, 1.165) is 5.56 Å². The summed E-state index contributed by atoms with van der Waals surface area (Å²) in [6, 6.07) is 7.08. The molecule has 0 fully saturated rings. The van der Waals surface area contributed by atoms with E-state index in [9.17, 15) is 4.79 Å². The van der Waals surface area contributed by atoms with E-state index in [0.29, 0.717) is 20.8 Å². The summed E-state index contributed by atoms with van der Waals surface area (Å²) in [5.41, 5.74) is 1.47. The summed E-state index contributed by atoms with van der Waals surface area (Å²) in [6.45, 7) is 0. The number of halogens is 2. The predicted molar refractivity (Wildman–Crippen MR) is 79.4 cm³/mol. The van der Waals surface area contributed by atoms with Crippen LogP contribution >= 0.6 is 23.2 Å². The molecule has 6 heteroatoms. The Morgan fingerprint density at radius 1 is 1.30 bits per heavy atom. The maximum atomic E-state index is 11.2. The predicted octanol–water partition coefficient (Wildman–Crippen LogP) is 3.64. The number of carbonyl (C=O) groups is 1. The van der Waals surface area contributed by atoms with Gasteiger partial charge in [0, 0.05) is 25.5 Å². The molecule has 0 saturated heterocycles. The molecule has 0 atom stereocenters. The first-order valence-corrected chi connectivity index (χ1v) is 6.51. The molecule has 1 aromatic carbocycles. The Hall–Kier alpha value is -1.75. The zero-order valence-electron chi connectivity index (χ0n) is 10.6. The molecule has 0 unspecified atom stereocenters. The van der Waals surface area contributed by atoms with E-state index in [4.69, 9.17) is 28.4 Å². The van der Waals surface area contributed by atoms with Crippen LogP contribution in [-0.4, -0.2) is 27.8 Å². The number of aromatic nitrogens is 1. The minimum absolute atomic E-state index is 0.506. The highest BCUT2D eigenvalue weighted by atomic mass is 35.5. The van der Waals surface area contributed by atoms with Crippen LogP contribution in [0.15, 0.2) is 42.7 Å². The van der Waals surface area contributed by atoms with Crippen molar-refractivity contribution < 1.29 is 10.0 Å². The molecule has 1 heterocycles. The van der Waals surface area contributed by atoms with E-state index < -0.39 is 5.91 Å². The number of amides is 1. The van der Waals surface area contributed by atoms with E-state index >= 15 is 0 Å². The Kier molecular flexibility index (Phi) is 4.49. The van der Waals surface area contributed by atoms with Crippen molar-refractivity contribution in [1.29, 1.82) is 0 Å². The zero-order valence-corrected chi connectivity index (χ0v) is 12.1. The third kappa shape index (κ3) is 3.22. The lowest BCUT2D eigenvalue weighted by molar-refractivity contribution is -0.153. The van der Waals surface area contributed by atoms with Gasteiger partial charge < -0.3 is 4.57 Å². The maximum Gasteiger partial charge on any atom is 0.269 e. The van der Waals surface area contributed by atoms with Crippen LogP contribution in [0.2, 0.25) is 10.0 Å². The second-order valence-electron chi connectivity index (χ2n) is 4.12. The Bertz CT molecular complexity index is 643. The first kappa shape index (κ1) is 14.7. The van der Waals surface area contributed by atoms with E-state index in [1.807, 2.05) is 0 Å². The number of nitrogens with zero attached hydrogens (tertiary/aromatic N) is 2. The lowest BCUT2D eigenvalue weighted by Crippen LogP contribution is -2.19. The van der Waals surface area contributed by atoms with Crippen molar-refractivity contribution in [1.82, 2.24) is 9.63 Å². The Morgan fingerprint density at radius 3 is 2.55 bits per heavy atom. The van der Waals surface area contributed by atoms with Gasteiger partial charge in [-0.1, -0.05) is 29.3 Å². The Labute approximate surface area is 126 Å². The van der Waals surface area contributed by atoms with Gasteiger partial charge in [0.15, 0.2) is 0 Å². The molecule has 104 valence electrons. The monoisotopic (exact) mass is 310 g/mol. The summed E-state index contributed by atoms with van der Waals surface area (Å²) in [6.07, 6.45) is 6.44. The summed E-state index contributed by atoms with van der Waals surface area (Å²) in [4.78, 5) is 11.2. The Balaban J connectivity index is 2.28. The normalized spacial score (nSPS) is 11.0. The molecule has 0 aliphatic heterocycles. The van der Waals surface area contributed by atoms with Gasteiger partial charge in [0.1, 0.15) is 0 Å². The minimum Gasteiger partial charge on any atom is -0.321 e. The fourth-order valence-corrected chi connectivity index (χ4v) is 2.25. The molecule has 1 N–H and O–H groups in total. The van der Waals surface area contributed by atoms with Gasteiger partial charge in [-0.05, 0) is 29.8 Å². The molecule has 0 spiro atoms. The molecule has 2 aromatic rings. The molecule has 2 rings (SSSR count). The molecule has 1 amide bonds. The summed E-state index contributed by atoms with van der Waals surface area (Å²) >= 11 is 12.3. The standard InChI is InChI=1S/C14H12Cl2N2O2/c1-17(20)13(19)6-5-10-7-8-18(9-10)14-11(15)3-2-4-12(14)16/h2-9,20H,1H3/b6-5+. The van der Waals surface area contributed by atoms with Gasteiger partial charge >= 0.3 is 0 Å². The summed E-state index contributed by atoms with van der Waals surface area (Å²) in [5.74, 6) is -0.506. The number of hydrogen-bond donors (Lipinski definition) is 1. The highest BCUT2D eigenvalue weighted by Gasteiger charge is 2.07. The summed E-state index contributed by atoms with van der Waals surface area (Å²) in [7, 11) is 1.27. The molecular weight excluding hydrogens is 299 g/mol. The van der Waals surface area contributed by atoms with Gasteiger partial charge in [0.25, 0.3) is 5.91 Å². The molecule has 0 radical (unpaired) electrons. The van der Waals surface area contributed by atoms with Crippen molar-refractivity contribution in [2.45, 2.75) is 0 Å². The van der Waals surface area contributed by atoms with Gasteiger partial charge in [-0.2, -0.15) is 0 Å². The highest BCUT2D eigenvalue weighted by Crippen LogP contribution is 2.28. The number of para-hydroxylation sites is 1. The molecular formula is C14H12Cl2N2O2. The van der Waals surface area contributed by atoms with Gasteiger partial charge in [-0.15, -0.1) is 0 Å². The van der Waals surface area contributed by atoms with Crippen molar-refractivity contribution in [3.63, 3.8) is 0 Å². The Morgan fingerprint density at radius 2 is 1.95 bits per heavy atom. The number of benzene rings is 1. The fraction of sp³-hybridized carbons (Fsp3) is 0.0714. The second-order valence-corrected chi connectivity index (χ2v) is 4.93. The first-order chi connectivity index (χ1) is 9.49. The van der Waals surface area contributed by atoms with Crippen LogP contribution < -0.4 is 0 Å². The second kappa shape index (κ2) is 6.13. The third-order valence-corrected chi connectivity index (χ3v) is 3.26. The molecule has 0 saturated carbocycles. The lowest BCUT2D eigenvalue weighted by Gasteiger charge is -2.07. The SMILES string of the molecule is CN(O)C(=O)/C=C/c1ccn(-c2c(Cl)cccc2Cl)c1. The molecule has 1 aromatic heterocycles. The van der Waals surface area contributed by atoms with Crippen LogP contribution in [0.1, 0.15) is 5.56 Å². The van der Waals surface area contributed by atoms with E-state index in [-0.39, 0.29) is 0 Å². The average Bonchev–Trinajstić information content (AvgIpc) is 2.84. The largest absolute Gasteiger partial charge is 0.321 e. The fourth-order valence-electron chi connectivity index (χ4n) is 1.66. The molecule has 20 heavy (non-hydrogen) atoms. The van der Waals surface area contributed by atoms with E-state index in [2.05, 4.69) is 0 Å². The summed E-state index contributed by atoms with van der Waals surface area (Å²) < 4.78 is 1.78. The van der Waals surface area contributed by atoms with Gasteiger partial charge in [-0.25, -0.2) is 5.06 Å². The van der Waals surface area contributed by atoms with Crippen LogP contribution in [0.3, 0.4) is 0 Å². The minimum atomic E-state index is -0.506. The number of rotatable bonds is 3. The van der Waals surface area contributed by atoms with Gasteiger partial charge in [0.05, 0.1) is 15.7 Å². The molecule has 4 nitrogen and oxygen atoms in total. The number of hydroxylamine groups is 2. The maximum absolute atomic E-state index is 11.2. The zero-order chi connectivity index (χ0) is 14.7. The van der Waals surface area contributed by atoms with Crippen molar-refractivity contribution >= 4 is 35.2 Å². The van der Waals surface area contributed by atoms with E-state index in [1.165, 1.54) is 13.1 Å². The van der Waals surface area contributed by atoms with Crippen LogP contribution in [0.5, 0.6) is 0 Å². The smallest absolute Gasteiger partial charge is 0.269 e. The quantitative estimate of drug-likeness (QED) is 0.534. The van der Waals surface area contributed by atoms with Crippen LogP contribution in [0.4, 0.5) is 0 Å². The van der Waals surface area contributed by atoms with Crippen molar-refractivity contribution in [2.75, 3.05) is 7.05 Å². The molecule has 0 aliphatic carbocycles. The number of hydrogen-bond acceptors (Lipinski definition) is 2. The van der Waals surface area contributed by atoms with Crippen LogP contribution in [-0.2, 0) is 4.79 Å². The third-order valence-electron chi connectivity index (χ3n) is 2.65. The van der Waals surface area contributed by atoms with Gasteiger partial charge in [0.2, 0.25) is 0 Å². The van der Waals surface area contributed by atoms with Crippen LogP contribution in [0.25, 0.3) is 11.8 Å². The average molecular weight is 311 g/mol. The number of likely N-dealkylation sites (N-methyl/N-ethyl adjacent to an activating group) is 1. The molecule has 0 bridgehead atoms. The topological polar surface area (TPSA) is 45.5 Å². The van der Waals surface area contributed by atoms with Crippen LogP contribution in [0, 0.1) is 0 Å². The first-order valence-electron chi connectivity index (χ1n) is 5.76. The van der Waals surface area contributed by atoms with Crippen molar-refractivity contribution in [3.05, 3.63) is 58.3 Å².